The summed E-state index contributed by atoms with van der Waals surface area (Å²) in [6.07, 6.45) is 7.98. The normalized spacial score (nSPS) is 25.3. The fourth-order valence-corrected chi connectivity index (χ4v) is 4.74. The largest absolute Gasteiger partial charge is 0.462 e. The van der Waals surface area contributed by atoms with Gasteiger partial charge in [-0.05, 0) is 51.4 Å². The summed E-state index contributed by atoms with van der Waals surface area (Å²) in [7, 11) is 2.18. The molecule has 5 nitrogen and oxygen atoms in total. The van der Waals surface area contributed by atoms with Gasteiger partial charge in [0.25, 0.3) is 5.91 Å². The van der Waals surface area contributed by atoms with Gasteiger partial charge in [0, 0.05) is 18.6 Å². The molecule has 2 atom stereocenters. The van der Waals surface area contributed by atoms with Crippen LogP contribution < -0.4 is 0 Å². The molecule has 6 heteroatoms. The zero-order valence-corrected chi connectivity index (χ0v) is 14.1. The van der Waals surface area contributed by atoms with Gasteiger partial charge in [-0.15, -0.1) is 11.3 Å². The lowest BCUT2D eigenvalue weighted by Crippen LogP contribution is -2.46. The van der Waals surface area contributed by atoms with Crippen LogP contribution in [-0.4, -0.2) is 52.9 Å². The van der Waals surface area contributed by atoms with E-state index in [0.717, 1.165) is 36.7 Å². The molecular formula is C17H21N3O2S. The van der Waals surface area contributed by atoms with E-state index in [4.69, 9.17) is 4.42 Å². The minimum Gasteiger partial charge on any atom is -0.462 e. The molecule has 0 saturated carbocycles. The highest BCUT2D eigenvalue weighted by Gasteiger charge is 2.39. The van der Waals surface area contributed by atoms with Crippen molar-refractivity contribution >= 4 is 17.2 Å². The van der Waals surface area contributed by atoms with Gasteiger partial charge < -0.3 is 14.2 Å². The summed E-state index contributed by atoms with van der Waals surface area (Å²) in [5.41, 5.74) is 0. The van der Waals surface area contributed by atoms with Gasteiger partial charge in [0.1, 0.15) is 4.88 Å². The van der Waals surface area contributed by atoms with Gasteiger partial charge in [0.15, 0.2) is 10.8 Å². The molecule has 0 bridgehead atoms. The van der Waals surface area contributed by atoms with Crippen molar-refractivity contribution < 1.29 is 9.21 Å². The number of thiazole rings is 1. The fourth-order valence-electron chi connectivity index (χ4n) is 3.90. The van der Waals surface area contributed by atoms with Gasteiger partial charge >= 0.3 is 0 Å². The van der Waals surface area contributed by atoms with Crippen molar-refractivity contribution in [3.05, 3.63) is 29.5 Å². The van der Waals surface area contributed by atoms with Crippen LogP contribution in [0.25, 0.3) is 10.8 Å². The van der Waals surface area contributed by atoms with E-state index in [2.05, 4.69) is 21.8 Å². The second-order valence-electron chi connectivity index (χ2n) is 6.41. The summed E-state index contributed by atoms with van der Waals surface area (Å²) in [5.74, 6) is 0.852. The number of aromatic nitrogens is 1. The minimum absolute atomic E-state index is 0.128. The third-order valence-electron chi connectivity index (χ3n) is 5.03. The first-order valence-corrected chi connectivity index (χ1v) is 9.06. The van der Waals surface area contributed by atoms with Crippen molar-refractivity contribution in [2.75, 3.05) is 20.1 Å². The average molecular weight is 331 g/mol. The second-order valence-corrected chi connectivity index (χ2v) is 7.44. The van der Waals surface area contributed by atoms with E-state index in [-0.39, 0.29) is 5.91 Å². The molecule has 122 valence electrons. The lowest BCUT2D eigenvalue weighted by atomic mass is 10.0. The van der Waals surface area contributed by atoms with Gasteiger partial charge in [-0.2, -0.15) is 0 Å². The van der Waals surface area contributed by atoms with E-state index in [1.807, 2.05) is 12.1 Å². The van der Waals surface area contributed by atoms with Crippen molar-refractivity contribution in [2.24, 2.45) is 0 Å². The fraction of sp³-hybridized carbons (Fsp3) is 0.529. The van der Waals surface area contributed by atoms with Crippen LogP contribution in [0.15, 0.2) is 29.0 Å². The monoisotopic (exact) mass is 331 g/mol. The minimum atomic E-state index is 0.128. The number of amides is 1. The maximum absolute atomic E-state index is 13.0. The first kappa shape index (κ1) is 14.9. The van der Waals surface area contributed by atoms with Gasteiger partial charge in [-0.3, -0.25) is 4.79 Å². The molecule has 0 aromatic carbocycles. The van der Waals surface area contributed by atoms with Crippen LogP contribution in [0.4, 0.5) is 0 Å². The highest BCUT2D eigenvalue weighted by atomic mass is 32.1. The molecule has 4 rings (SSSR count). The molecule has 0 radical (unpaired) electrons. The Hall–Kier alpha value is -1.66. The molecular weight excluding hydrogens is 310 g/mol. The topological polar surface area (TPSA) is 49.6 Å². The maximum atomic E-state index is 13.0. The Morgan fingerprint density at radius 3 is 2.87 bits per heavy atom. The van der Waals surface area contributed by atoms with Crippen LogP contribution in [0.1, 0.15) is 35.4 Å². The van der Waals surface area contributed by atoms with Gasteiger partial charge in [0.2, 0.25) is 0 Å². The van der Waals surface area contributed by atoms with Gasteiger partial charge in [0.05, 0.1) is 12.5 Å². The van der Waals surface area contributed by atoms with E-state index in [9.17, 15) is 4.79 Å². The molecule has 0 spiro atoms. The van der Waals surface area contributed by atoms with Gasteiger partial charge in [-0.25, -0.2) is 4.98 Å². The summed E-state index contributed by atoms with van der Waals surface area (Å²) < 4.78 is 5.37. The van der Waals surface area contributed by atoms with E-state index in [1.165, 1.54) is 24.2 Å². The second kappa shape index (κ2) is 6.09. The molecule has 2 fully saturated rings. The zero-order valence-electron chi connectivity index (χ0n) is 13.3. The molecule has 0 N–H and O–H groups in total. The van der Waals surface area contributed by atoms with Crippen LogP contribution in [0.3, 0.4) is 0 Å². The van der Waals surface area contributed by atoms with Crippen molar-refractivity contribution in [2.45, 2.75) is 37.8 Å². The SMILES string of the molecule is CN1CCC[C@H]1[C@H]1CCCN1C(=O)c1cnc(-c2ccco2)s1. The van der Waals surface area contributed by atoms with Crippen LogP contribution in [0, 0.1) is 0 Å². The zero-order chi connectivity index (χ0) is 15.8. The molecule has 4 heterocycles. The lowest BCUT2D eigenvalue weighted by molar-refractivity contribution is 0.0669. The number of rotatable bonds is 3. The van der Waals surface area contributed by atoms with E-state index < -0.39 is 0 Å². The molecule has 23 heavy (non-hydrogen) atoms. The van der Waals surface area contributed by atoms with E-state index >= 15 is 0 Å². The predicted octanol–water partition coefficient (Wildman–Crippen LogP) is 3.10. The Morgan fingerprint density at radius 1 is 1.30 bits per heavy atom. The van der Waals surface area contributed by atoms with Crippen molar-refractivity contribution in [3.8, 4) is 10.8 Å². The van der Waals surface area contributed by atoms with Crippen molar-refractivity contribution in [1.29, 1.82) is 0 Å². The highest BCUT2D eigenvalue weighted by Crippen LogP contribution is 2.32. The number of hydrogen-bond acceptors (Lipinski definition) is 5. The molecule has 0 unspecified atom stereocenters. The number of carbonyl (C=O) groups excluding carboxylic acids is 1. The Labute approximate surface area is 139 Å². The van der Waals surface area contributed by atoms with Gasteiger partial charge in [-0.1, -0.05) is 0 Å². The van der Waals surface area contributed by atoms with Crippen LogP contribution in [-0.2, 0) is 0 Å². The number of likely N-dealkylation sites (N-methyl/N-ethyl adjacent to an activating group) is 1. The van der Waals surface area contributed by atoms with Crippen molar-refractivity contribution in [1.82, 2.24) is 14.8 Å². The Morgan fingerprint density at radius 2 is 2.13 bits per heavy atom. The summed E-state index contributed by atoms with van der Waals surface area (Å²) in [5, 5.41) is 0.770. The summed E-state index contributed by atoms with van der Waals surface area (Å²) >= 11 is 1.42. The van der Waals surface area contributed by atoms with Crippen molar-refractivity contribution in [3.63, 3.8) is 0 Å². The number of carbonyl (C=O) groups is 1. The molecule has 0 aliphatic carbocycles. The standard InChI is InChI=1S/C17H21N3O2S/c1-19-8-2-5-12(19)13-6-3-9-20(13)17(21)15-11-18-16(23-15)14-7-4-10-22-14/h4,7,10-13H,2-3,5-6,8-9H2,1H3/t12-,13+/m0/s1. The molecule has 2 aromatic rings. The first-order valence-electron chi connectivity index (χ1n) is 8.25. The smallest absolute Gasteiger partial charge is 0.265 e. The third-order valence-corrected chi connectivity index (χ3v) is 6.03. The predicted molar refractivity (Wildman–Crippen MR) is 89.5 cm³/mol. The highest BCUT2D eigenvalue weighted by molar-refractivity contribution is 7.16. The maximum Gasteiger partial charge on any atom is 0.265 e. The summed E-state index contributed by atoms with van der Waals surface area (Å²) in [6.45, 7) is 2.01. The summed E-state index contributed by atoms with van der Waals surface area (Å²) in [4.78, 5) is 22.5. The van der Waals surface area contributed by atoms with E-state index in [1.54, 1.807) is 12.5 Å². The Balaban J connectivity index is 1.54. The number of nitrogens with zero attached hydrogens (tertiary/aromatic N) is 3. The first-order chi connectivity index (χ1) is 11.2. The molecule has 1 amide bonds. The van der Waals surface area contributed by atoms with Crippen LogP contribution >= 0.6 is 11.3 Å². The number of hydrogen-bond donors (Lipinski definition) is 0. The lowest BCUT2D eigenvalue weighted by Gasteiger charge is -2.33. The quantitative estimate of drug-likeness (QED) is 0.867. The van der Waals surface area contributed by atoms with Crippen LogP contribution in [0.2, 0.25) is 0 Å². The molecule has 2 saturated heterocycles. The van der Waals surface area contributed by atoms with Crippen LogP contribution in [0.5, 0.6) is 0 Å². The Bertz CT molecular complexity index is 682. The number of furan rings is 1. The summed E-state index contributed by atoms with van der Waals surface area (Å²) in [6, 6.07) is 4.58. The molecule has 2 aliphatic heterocycles. The molecule has 2 aliphatic rings. The number of likely N-dealkylation sites (tertiary alicyclic amines) is 2. The third kappa shape index (κ3) is 2.70. The Kier molecular flexibility index (Phi) is 3.95. The average Bonchev–Trinajstić information content (AvgIpc) is 3.31. The van der Waals surface area contributed by atoms with E-state index in [0.29, 0.717) is 17.0 Å². The molecule has 2 aromatic heterocycles.